The molecule has 3 amide bonds. The van der Waals surface area contributed by atoms with E-state index in [1.54, 1.807) is 31.4 Å². The molecule has 35 heavy (non-hydrogen) atoms. The second kappa shape index (κ2) is 11.3. The third kappa shape index (κ3) is 6.45. The number of ether oxygens (including phenoxy) is 1. The maximum atomic E-state index is 12.8. The first-order chi connectivity index (χ1) is 17.0. The lowest BCUT2D eigenvalue weighted by Crippen LogP contribution is -2.46. The van der Waals surface area contributed by atoms with Crippen molar-refractivity contribution in [3.8, 4) is 17.0 Å². The van der Waals surface area contributed by atoms with Crippen molar-refractivity contribution in [1.29, 1.82) is 0 Å². The maximum absolute atomic E-state index is 12.8. The first kappa shape index (κ1) is 24.0. The Labute approximate surface area is 203 Å². The van der Waals surface area contributed by atoms with Gasteiger partial charge in [-0.05, 0) is 55.3 Å². The van der Waals surface area contributed by atoms with E-state index < -0.39 is 0 Å². The van der Waals surface area contributed by atoms with Crippen LogP contribution in [-0.2, 0) is 6.54 Å². The van der Waals surface area contributed by atoms with Gasteiger partial charge in [0.2, 0.25) is 0 Å². The summed E-state index contributed by atoms with van der Waals surface area (Å²) >= 11 is 0. The predicted octanol–water partition coefficient (Wildman–Crippen LogP) is 2.54. The Kier molecular flexibility index (Phi) is 7.74. The van der Waals surface area contributed by atoms with Gasteiger partial charge in [-0.15, -0.1) is 0 Å². The van der Waals surface area contributed by atoms with Gasteiger partial charge in [-0.25, -0.2) is 14.8 Å². The van der Waals surface area contributed by atoms with E-state index in [0.717, 1.165) is 37.1 Å². The number of urea groups is 1. The number of piperidine rings is 1. The summed E-state index contributed by atoms with van der Waals surface area (Å²) in [5.74, 6) is 0.465. The summed E-state index contributed by atoms with van der Waals surface area (Å²) in [5.41, 5.74) is 8.87. The Morgan fingerprint density at radius 2 is 2.03 bits per heavy atom. The average Bonchev–Trinajstić information content (AvgIpc) is 2.89. The van der Waals surface area contributed by atoms with Crippen LogP contribution in [0.3, 0.4) is 0 Å². The SMILES string of the molecule is COc1ccc(NC(=O)NCc2cccc(-c3cnc(N)c(C(=O)N[C@H]4CCCNC4)n3)c2)cc1. The van der Waals surface area contributed by atoms with Crippen LogP contribution in [0.5, 0.6) is 5.75 Å². The molecule has 2 aromatic carbocycles. The van der Waals surface area contributed by atoms with Crippen molar-refractivity contribution in [2.75, 3.05) is 31.2 Å². The molecule has 0 bridgehead atoms. The number of nitrogen functional groups attached to an aromatic ring is 1. The Morgan fingerprint density at radius 3 is 2.77 bits per heavy atom. The van der Waals surface area contributed by atoms with Crippen LogP contribution in [0.1, 0.15) is 28.9 Å². The van der Waals surface area contributed by atoms with Gasteiger partial charge in [-0.1, -0.05) is 18.2 Å². The Morgan fingerprint density at radius 1 is 1.20 bits per heavy atom. The van der Waals surface area contributed by atoms with Gasteiger partial charge in [0.15, 0.2) is 11.5 Å². The highest BCUT2D eigenvalue weighted by Gasteiger charge is 2.20. The first-order valence-corrected chi connectivity index (χ1v) is 11.4. The Hall–Kier alpha value is -4.18. The molecule has 6 N–H and O–H groups in total. The van der Waals surface area contributed by atoms with Crippen molar-refractivity contribution in [1.82, 2.24) is 25.9 Å². The minimum absolute atomic E-state index is 0.0413. The van der Waals surface area contributed by atoms with Crippen LogP contribution >= 0.6 is 0 Å². The molecule has 0 aliphatic carbocycles. The van der Waals surface area contributed by atoms with Crippen molar-refractivity contribution in [3.05, 3.63) is 66.0 Å². The fourth-order valence-corrected chi connectivity index (χ4v) is 3.81. The second-order valence-electron chi connectivity index (χ2n) is 8.24. The lowest BCUT2D eigenvalue weighted by atomic mass is 10.1. The molecular weight excluding hydrogens is 446 g/mol. The van der Waals surface area contributed by atoms with Crippen LogP contribution in [0.4, 0.5) is 16.3 Å². The summed E-state index contributed by atoms with van der Waals surface area (Å²) in [4.78, 5) is 33.7. The zero-order valence-corrected chi connectivity index (χ0v) is 19.5. The van der Waals surface area contributed by atoms with Crippen LogP contribution in [0.15, 0.2) is 54.7 Å². The van der Waals surface area contributed by atoms with Crippen molar-refractivity contribution in [2.24, 2.45) is 0 Å². The van der Waals surface area contributed by atoms with Gasteiger partial charge < -0.3 is 31.7 Å². The number of hydrogen-bond donors (Lipinski definition) is 5. The molecular formula is C25H29N7O3. The van der Waals surface area contributed by atoms with Crippen molar-refractivity contribution >= 4 is 23.4 Å². The van der Waals surface area contributed by atoms with Crippen LogP contribution < -0.4 is 31.7 Å². The van der Waals surface area contributed by atoms with E-state index in [9.17, 15) is 9.59 Å². The fraction of sp³-hybridized carbons (Fsp3) is 0.280. The molecule has 2 heterocycles. The zero-order valence-electron chi connectivity index (χ0n) is 19.5. The van der Waals surface area contributed by atoms with E-state index >= 15 is 0 Å². The van der Waals surface area contributed by atoms with Crippen LogP contribution in [0, 0.1) is 0 Å². The number of amides is 3. The van der Waals surface area contributed by atoms with Crippen LogP contribution in [-0.4, -0.2) is 48.1 Å². The van der Waals surface area contributed by atoms with Crippen molar-refractivity contribution in [3.63, 3.8) is 0 Å². The van der Waals surface area contributed by atoms with E-state index in [-0.39, 0.29) is 29.5 Å². The molecule has 1 aliphatic rings. The lowest BCUT2D eigenvalue weighted by molar-refractivity contribution is 0.0926. The largest absolute Gasteiger partial charge is 0.497 e. The highest BCUT2D eigenvalue weighted by molar-refractivity contribution is 5.97. The van der Waals surface area contributed by atoms with E-state index in [1.165, 1.54) is 6.20 Å². The Bertz CT molecular complexity index is 1180. The molecule has 1 aromatic heterocycles. The van der Waals surface area contributed by atoms with Crippen LogP contribution in [0.25, 0.3) is 11.3 Å². The van der Waals surface area contributed by atoms with Gasteiger partial charge in [0.25, 0.3) is 5.91 Å². The van der Waals surface area contributed by atoms with E-state index in [4.69, 9.17) is 10.5 Å². The van der Waals surface area contributed by atoms with Gasteiger partial charge in [-0.3, -0.25) is 4.79 Å². The van der Waals surface area contributed by atoms with E-state index in [0.29, 0.717) is 23.7 Å². The smallest absolute Gasteiger partial charge is 0.319 e. The lowest BCUT2D eigenvalue weighted by Gasteiger charge is -2.23. The summed E-state index contributed by atoms with van der Waals surface area (Å²) in [7, 11) is 1.59. The summed E-state index contributed by atoms with van der Waals surface area (Å²) in [5, 5.41) is 11.9. The molecule has 0 unspecified atom stereocenters. The number of rotatable bonds is 7. The normalized spacial score (nSPS) is 15.2. The molecule has 1 aliphatic heterocycles. The average molecular weight is 476 g/mol. The minimum Gasteiger partial charge on any atom is -0.497 e. The molecule has 1 atom stereocenters. The van der Waals surface area contributed by atoms with E-state index in [2.05, 4.69) is 31.2 Å². The molecule has 0 radical (unpaired) electrons. The van der Waals surface area contributed by atoms with Crippen molar-refractivity contribution in [2.45, 2.75) is 25.4 Å². The monoisotopic (exact) mass is 475 g/mol. The number of nitrogens with two attached hydrogens (primary N) is 1. The quantitative estimate of drug-likeness (QED) is 0.353. The highest BCUT2D eigenvalue weighted by atomic mass is 16.5. The molecule has 4 rings (SSSR count). The minimum atomic E-state index is -0.335. The van der Waals surface area contributed by atoms with Gasteiger partial charge in [0, 0.05) is 30.4 Å². The number of nitrogens with zero attached hydrogens (tertiary/aromatic N) is 2. The molecule has 10 nitrogen and oxygen atoms in total. The molecule has 0 saturated carbocycles. The van der Waals surface area contributed by atoms with Crippen molar-refractivity contribution < 1.29 is 14.3 Å². The van der Waals surface area contributed by atoms with Gasteiger partial charge >= 0.3 is 6.03 Å². The number of carbonyl (C=O) groups excluding carboxylic acids is 2. The standard InChI is InChI=1S/C25H29N7O3/c1-35-20-9-7-18(8-10-20)31-25(34)29-13-16-4-2-5-17(12-16)21-15-28-23(26)22(32-21)24(33)30-19-6-3-11-27-14-19/h2,4-5,7-10,12,15,19,27H,3,6,11,13-14H2,1H3,(H2,26,28)(H,30,33)(H2,29,31,34)/t19-/m0/s1. The van der Waals surface area contributed by atoms with Gasteiger partial charge in [-0.2, -0.15) is 0 Å². The molecule has 3 aromatic rings. The topological polar surface area (TPSA) is 143 Å². The third-order valence-corrected chi connectivity index (χ3v) is 5.67. The number of carbonyl (C=O) groups is 2. The molecule has 0 spiro atoms. The number of benzene rings is 2. The molecule has 10 heteroatoms. The number of methoxy groups -OCH3 is 1. The fourth-order valence-electron chi connectivity index (χ4n) is 3.81. The van der Waals surface area contributed by atoms with E-state index in [1.807, 2.05) is 24.3 Å². The number of anilines is 2. The number of nitrogens with one attached hydrogen (secondary N) is 4. The van der Waals surface area contributed by atoms with Gasteiger partial charge in [0.05, 0.1) is 19.0 Å². The summed E-state index contributed by atoms with van der Waals surface area (Å²) < 4.78 is 5.12. The molecule has 182 valence electrons. The van der Waals surface area contributed by atoms with Crippen LogP contribution in [0.2, 0.25) is 0 Å². The summed E-state index contributed by atoms with van der Waals surface area (Å²) in [6.45, 7) is 1.98. The molecule has 1 saturated heterocycles. The van der Waals surface area contributed by atoms with Gasteiger partial charge in [0.1, 0.15) is 5.75 Å². The molecule has 1 fully saturated rings. The summed E-state index contributed by atoms with van der Waals surface area (Å²) in [6.07, 6.45) is 3.45. The summed E-state index contributed by atoms with van der Waals surface area (Å²) in [6, 6.07) is 14.3. The predicted molar refractivity (Wildman–Crippen MR) is 134 cm³/mol. The maximum Gasteiger partial charge on any atom is 0.319 e. The number of hydrogen-bond acceptors (Lipinski definition) is 7. The Balaban J connectivity index is 1.40. The third-order valence-electron chi connectivity index (χ3n) is 5.67. The first-order valence-electron chi connectivity index (χ1n) is 11.4. The highest BCUT2D eigenvalue weighted by Crippen LogP contribution is 2.20. The number of aromatic nitrogens is 2. The second-order valence-corrected chi connectivity index (χ2v) is 8.24. The zero-order chi connectivity index (χ0) is 24.6.